The minimum Gasteiger partial charge on any atom is -0.497 e. The van der Waals surface area contributed by atoms with Crippen molar-refractivity contribution in [1.82, 2.24) is 10.3 Å². The van der Waals surface area contributed by atoms with Crippen LogP contribution in [0.4, 0.5) is 0 Å². The van der Waals surface area contributed by atoms with Crippen molar-refractivity contribution in [1.29, 1.82) is 5.41 Å². The van der Waals surface area contributed by atoms with E-state index in [1.165, 1.54) is 12.7 Å². The topological polar surface area (TPSA) is 261 Å². The van der Waals surface area contributed by atoms with Crippen LogP contribution in [0.25, 0.3) is 10.8 Å². The molecule has 43 heavy (non-hydrogen) atoms. The summed E-state index contributed by atoms with van der Waals surface area (Å²) in [6, 6.07) is 9.91. The van der Waals surface area contributed by atoms with E-state index in [0.717, 1.165) is 28.5 Å². The molecule has 14 heteroatoms. The van der Waals surface area contributed by atoms with Crippen LogP contribution >= 0.6 is 0 Å². The van der Waals surface area contributed by atoms with Crippen molar-refractivity contribution in [2.24, 2.45) is 23.1 Å². The fraction of sp³-hybridized carbons (Fsp3) is 0.414. The van der Waals surface area contributed by atoms with Crippen molar-refractivity contribution in [2.75, 3.05) is 13.7 Å². The van der Waals surface area contributed by atoms with Crippen LogP contribution < -0.4 is 27.3 Å². The van der Waals surface area contributed by atoms with Crippen LogP contribution in [0.3, 0.4) is 0 Å². The van der Waals surface area contributed by atoms with E-state index in [0.29, 0.717) is 19.4 Å². The van der Waals surface area contributed by atoms with Gasteiger partial charge in [0.05, 0.1) is 19.2 Å². The molecule has 0 saturated carbocycles. The third-order valence-corrected chi connectivity index (χ3v) is 6.16. The minimum absolute atomic E-state index is 0.0718. The first-order valence-corrected chi connectivity index (χ1v) is 13.4. The minimum atomic E-state index is -1.00. The molecule has 0 saturated heterocycles. The van der Waals surface area contributed by atoms with E-state index in [2.05, 4.69) is 14.7 Å². The molecule has 0 radical (unpaired) electrons. The number of nitrogens with zero attached hydrogens (tertiary/aromatic N) is 1. The van der Waals surface area contributed by atoms with Crippen LogP contribution in [-0.2, 0) is 14.4 Å². The van der Waals surface area contributed by atoms with Crippen molar-refractivity contribution >= 4 is 34.6 Å². The molecule has 2 aromatic carbocycles. The number of ether oxygens (including phenoxy) is 1. The molecule has 1 unspecified atom stereocenters. The molecule has 0 aliphatic rings. The molecule has 1 aromatic heterocycles. The lowest BCUT2D eigenvalue weighted by atomic mass is 9.98. The maximum absolute atomic E-state index is 10.9. The first kappa shape index (κ1) is 38.3. The Morgan fingerprint density at radius 1 is 1.02 bits per heavy atom. The van der Waals surface area contributed by atoms with Crippen LogP contribution in [0.5, 0.6) is 5.75 Å². The lowest BCUT2D eigenvalue weighted by molar-refractivity contribution is -0.140. The summed E-state index contributed by atoms with van der Waals surface area (Å²) in [5.74, 6) is -2.44. The van der Waals surface area contributed by atoms with Gasteiger partial charge in [-0.15, -0.1) is 0 Å². The molecule has 0 spiro atoms. The van der Waals surface area contributed by atoms with Crippen molar-refractivity contribution in [3.05, 3.63) is 60.8 Å². The molecule has 238 valence electrons. The second-order valence-corrected chi connectivity index (χ2v) is 9.39. The van der Waals surface area contributed by atoms with Gasteiger partial charge in [-0.1, -0.05) is 44.5 Å². The average Bonchev–Trinajstić information content (AvgIpc) is 3.58. The van der Waals surface area contributed by atoms with E-state index in [4.69, 9.17) is 42.7 Å². The van der Waals surface area contributed by atoms with Gasteiger partial charge in [0.1, 0.15) is 24.1 Å². The van der Waals surface area contributed by atoms with Gasteiger partial charge < -0.3 is 47.0 Å². The number of methoxy groups -OCH3 is 1. The molecule has 1 heterocycles. The highest BCUT2D eigenvalue weighted by atomic mass is 16.5. The largest absolute Gasteiger partial charge is 0.497 e. The predicted octanol–water partition coefficient (Wildman–Crippen LogP) is 2.82. The first-order chi connectivity index (χ1) is 20.2. The monoisotopic (exact) mass is 604 g/mol. The van der Waals surface area contributed by atoms with Gasteiger partial charge >= 0.3 is 17.9 Å². The summed E-state index contributed by atoms with van der Waals surface area (Å²) < 4.78 is 9.62. The van der Waals surface area contributed by atoms with E-state index in [9.17, 15) is 14.4 Å². The highest BCUT2D eigenvalue weighted by Gasteiger charge is 2.17. The Hall–Kier alpha value is -4.69. The second kappa shape index (κ2) is 21.1. The second-order valence-electron chi connectivity index (χ2n) is 9.39. The number of carbonyl (C=O) groups is 3. The number of nitrogens with one attached hydrogen (secondary N) is 2. The maximum atomic E-state index is 10.9. The number of aromatic nitrogens is 1. The van der Waals surface area contributed by atoms with Gasteiger partial charge in [-0.3, -0.25) is 19.8 Å². The van der Waals surface area contributed by atoms with Gasteiger partial charge in [-0.2, -0.15) is 0 Å². The van der Waals surface area contributed by atoms with E-state index >= 15 is 0 Å². The van der Waals surface area contributed by atoms with Crippen molar-refractivity contribution < 1.29 is 38.9 Å². The Labute approximate surface area is 250 Å². The van der Waals surface area contributed by atoms with Crippen LogP contribution in [0.15, 0.2) is 59.7 Å². The first-order valence-electron chi connectivity index (χ1n) is 13.4. The third kappa shape index (κ3) is 16.4. The fourth-order valence-corrected chi connectivity index (χ4v) is 3.12. The summed E-state index contributed by atoms with van der Waals surface area (Å²) in [6.45, 7) is 5.93. The average molecular weight is 605 g/mol. The molecule has 0 bridgehead atoms. The zero-order valence-corrected chi connectivity index (χ0v) is 24.9. The van der Waals surface area contributed by atoms with Crippen LogP contribution in [-0.4, -0.2) is 69.9 Å². The van der Waals surface area contributed by atoms with Crippen LogP contribution in [0.2, 0.25) is 0 Å². The Morgan fingerprint density at radius 2 is 1.65 bits per heavy atom. The number of fused-ring (bicyclic) bond motifs is 1. The number of carboxylic acids is 3. The van der Waals surface area contributed by atoms with Gasteiger partial charge in [0.2, 0.25) is 0 Å². The van der Waals surface area contributed by atoms with Gasteiger partial charge in [0, 0.05) is 6.54 Å². The number of hydrogen-bond donors (Lipinski definition) is 8. The Bertz CT molecular complexity index is 1240. The predicted molar refractivity (Wildman–Crippen MR) is 163 cm³/mol. The summed E-state index contributed by atoms with van der Waals surface area (Å²) in [4.78, 5) is 34.9. The van der Waals surface area contributed by atoms with Gasteiger partial charge in [0.15, 0.2) is 12.4 Å². The number of guanidine groups is 1. The summed E-state index contributed by atoms with van der Waals surface area (Å²) in [6.07, 6.45) is 6.26. The SMILES string of the molecule is CC[C@H](C)[C@H](N)C(=O)O.COc1ccc2cc(C(C)C(=O)O)ccc2c1.N=C(N)NCCC[C@H](N)C(=O)O.c1cocn1. The highest BCUT2D eigenvalue weighted by molar-refractivity contribution is 5.86. The van der Waals surface area contributed by atoms with Crippen molar-refractivity contribution in [3.63, 3.8) is 0 Å². The molecule has 0 fully saturated rings. The summed E-state index contributed by atoms with van der Waals surface area (Å²) in [5, 5.41) is 37.1. The molecular formula is C29H44N6O8. The van der Waals surface area contributed by atoms with E-state index in [1.807, 2.05) is 50.2 Å². The zero-order chi connectivity index (χ0) is 32.9. The molecule has 0 aliphatic carbocycles. The van der Waals surface area contributed by atoms with Gasteiger partial charge in [0.25, 0.3) is 0 Å². The van der Waals surface area contributed by atoms with E-state index in [-0.39, 0.29) is 11.9 Å². The molecule has 11 N–H and O–H groups in total. The summed E-state index contributed by atoms with van der Waals surface area (Å²) >= 11 is 0. The van der Waals surface area contributed by atoms with E-state index < -0.39 is 35.9 Å². The number of carboxylic acid groups (broad SMARTS) is 3. The van der Waals surface area contributed by atoms with E-state index in [1.54, 1.807) is 20.2 Å². The fourth-order valence-electron chi connectivity index (χ4n) is 3.12. The molecular weight excluding hydrogens is 560 g/mol. The van der Waals surface area contributed by atoms with Crippen molar-refractivity contribution in [2.45, 2.75) is 58.0 Å². The number of benzene rings is 2. The molecule has 14 nitrogen and oxygen atoms in total. The quantitative estimate of drug-likeness (QED) is 0.0890. The van der Waals surface area contributed by atoms with Crippen LogP contribution in [0.1, 0.15) is 51.5 Å². The van der Waals surface area contributed by atoms with Crippen molar-refractivity contribution in [3.8, 4) is 5.75 Å². The molecule has 3 rings (SSSR count). The zero-order valence-electron chi connectivity index (χ0n) is 24.9. The molecule has 3 aromatic rings. The van der Waals surface area contributed by atoms with Gasteiger partial charge in [-0.05, 0) is 54.2 Å². The Morgan fingerprint density at radius 3 is 2.07 bits per heavy atom. The normalized spacial score (nSPS) is 12.7. The third-order valence-electron chi connectivity index (χ3n) is 6.16. The Balaban J connectivity index is 0.000000594. The lowest BCUT2D eigenvalue weighted by Gasteiger charge is -2.11. The Kier molecular flexibility index (Phi) is 18.8. The number of nitrogens with two attached hydrogens (primary N) is 3. The number of rotatable bonds is 11. The molecule has 0 amide bonds. The smallest absolute Gasteiger partial charge is 0.320 e. The maximum Gasteiger partial charge on any atom is 0.320 e. The number of oxazole rings is 1. The lowest BCUT2D eigenvalue weighted by Crippen LogP contribution is -2.36. The van der Waals surface area contributed by atoms with Crippen LogP contribution in [0, 0.1) is 11.3 Å². The standard InChI is InChI=1S/C14H14O3.C6H14N4O2.C6H13NO2.C3H3NO/c1-9(14(15)16)10-3-4-12-8-13(17-2)6-5-11(12)7-10;7-4(5(11)12)2-1-3-10-6(8)9;1-3-4(2)5(7)6(8)9;1-2-5-3-4-1/h3-9H,1-2H3,(H,15,16);4H,1-3,7H2,(H,11,12)(H4,8,9,10);4-5H,3,7H2,1-2H3,(H,8,9);1-3H/t;4-;4-,5-;/m.00./s1. The number of aliphatic carboxylic acids is 3. The molecule has 0 aliphatic heterocycles. The summed E-state index contributed by atoms with van der Waals surface area (Å²) in [7, 11) is 1.63. The molecule has 4 atom stereocenters. The number of hydrogen-bond acceptors (Lipinski definition) is 9. The summed E-state index contributed by atoms with van der Waals surface area (Å²) in [5.41, 5.74) is 16.3. The highest BCUT2D eigenvalue weighted by Crippen LogP contribution is 2.25. The van der Waals surface area contributed by atoms with Gasteiger partial charge in [-0.25, -0.2) is 4.98 Å².